The molecule has 0 aromatic heterocycles. The first-order valence-corrected chi connectivity index (χ1v) is 18.4. The Kier molecular flexibility index (Phi) is 9.69. The maximum absolute atomic E-state index is 12.8. The van der Waals surface area contributed by atoms with Gasteiger partial charge >= 0.3 is 5.97 Å². The summed E-state index contributed by atoms with van der Waals surface area (Å²) in [5, 5.41) is 10.5. The van der Waals surface area contributed by atoms with Crippen molar-refractivity contribution >= 4 is 21.9 Å². The number of methoxy groups -OCH3 is 3. The van der Waals surface area contributed by atoms with Crippen molar-refractivity contribution in [3.05, 3.63) is 98.5 Å². The number of carbonyl (C=O) groups is 1. The van der Waals surface area contributed by atoms with Crippen molar-refractivity contribution in [2.24, 2.45) is 0 Å². The Bertz CT molecular complexity index is 1970. The molecule has 4 heterocycles. The summed E-state index contributed by atoms with van der Waals surface area (Å²) in [7, 11) is 9.24. The number of quaternary nitrogens is 1. The number of rotatable bonds is 6. The smallest absolute Gasteiger partial charge is 0.362 e. The molecule has 0 fully saturated rings. The van der Waals surface area contributed by atoms with Crippen LogP contribution in [-0.2, 0) is 30.5 Å². The van der Waals surface area contributed by atoms with Crippen LogP contribution < -0.4 is 23.7 Å². The molecule has 4 aromatic rings. The summed E-state index contributed by atoms with van der Waals surface area (Å²) in [5.41, 5.74) is 6.64. The van der Waals surface area contributed by atoms with Gasteiger partial charge in [0.25, 0.3) is 0 Å². The van der Waals surface area contributed by atoms with Gasteiger partial charge in [0, 0.05) is 43.0 Å². The van der Waals surface area contributed by atoms with Gasteiger partial charge < -0.3 is 33.3 Å². The molecule has 0 saturated heterocycles. The molecule has 8 rings (SSSR count). The number of halogens is 1. The molecule has 0 aliphatic carbocycles. The fourth-order valence-corrected chi connectivity index (χ4v) is 9.06. The lowest BCUT2D eigenvalue weighted by molar-refractivity contribution is -0.956. The normalized spacial score (nSPS) is 21.6. The van der Waals surface area contributed by atoms with Gasteiger partial charge in [-0.25, -0.2) is 4.79 Å². The van der Waals surface area contributed by atoms with Crippen LogP contribution in [0.5, 0.6) is 40.2 Å². The molecule has 4 unspecified atom stereocenters. The lowest BCUT2D eigenvalue weighted by Crippen LogP contribution is -2.60. The first-order chi connectivity index (χ1) is 24.6. The predicted octanol–water partition coefficient (Wildman–Crippen LogP) is 8.29. The zero-order valence-electron chi connectivity index (χ0n) is 30.1. The number of likely N-dealkylation sites (N-methyl/N-ethyl adjacent to an activating group) is 2. The fraction of sp³-hybridized carbons (Fsp3) is 0.390. The van der Waals surface area contributed by atoms with Gasteiger partial charge in [0.15, 0.2) is 34.8 Å². The molecule has 9 nitrogen and oxygen atoms in total. The average molecular weight is 759 g/mol. The van der Waals surface area contributed by atoms with E-state index in [4.69, 9.17) is 23.7 Å². The summed E-state index contributed by atoms with van der Waals surface area (Å²) in [6.45, 7) is 3.52. The Morgan fingerprint density at radius 1 is 0.902 bits per heavy atom. The predicted molar refractivity (Wildman–Crippen MR) is 199 cm³/mol. The third-order valence-corrected chi connectivity index (χ3v) is 12.1. The van der Waals surface area contributed by atoms with Crippen molar-refractivity contribution in [1.82, 2.24) is 4.90 Å². The van der Waals surface area contributed by atoms with Crippen LogP contribution in [0.2, 0.25) is 0 Å². The molecule has 51 heavy (non-hydrogen) atoms. The summed E-state index contributed by atoms with van der Waals surface area (Å²) >= 11 is 3.88. The summed E-state index contributed by atoms with van der Waals surface area (Å²) in [4.78, 5) is 15.2. The van der Waals surface area contributed by atoms with Gasteiger partial charge in [0.05, 0.1) is 34.9 Å². The average Bonchev–Trinajstić information content (AvgIpc) is 3.12. The van der Waals surface area contributed by atoms with Gasteiger partial charge in [-0.05, 0) is 101 Å². The van der Waals surface area contributed by atoms with Gasteiger partial charge in [0.2, 0.25) is 0 Å². The van der Waals surface area contributed by atoms with Crippen molar-refractivity contribution in [2.75, 3.05) is 48.5 Å². The molecular formula is C41H46BrN2O7+. The molecular weight excluding hydrogens is 712 g/mol. The molecule has 1 N–H and O–H groups in total. The Labute approximate surface area is 308 Å². The van der Waals surface area contributed by atoms with E-state index < -0.39 is 12.0 Å². The molecule has 268 valence electrons. The van der Waals surface area contributed by atoms with Crippen molar-refractivity contribution in [1.29, 1.82) is 0 Å². The Morgan fingerprint density at radius 3 is 2.27 bits per heavy atom. The topological polar surface area (TPSA) is 86.7 Å². The number of nitrogens with zero attached hydrogens (tertiary/aromatic N) is 2. The largest absolute Gasteiger partial charge is 0.495 e. The zero-order valence-corrected chi connectivity index (χ0v) is 31.7. The van der Waals surface area contributed by atoms with E-state index in [1.807, 2.05) is 25.1 Å². The van der Waals surface area contributed by atoms with Crippen LogP contribution in [-0.4, -0.2) is 75.0 Å². The van der Waals surface area contributed by atoms with E-state index >= 15 is 0 Å². The molecule has 0 radical (unpaired) electrons. The van der Waals surface area contributed by atoms with Crippen molar-refractivity contribution in [2.45, 2.75) is 57.2 Å². The van der Waals surface area contributed by atoms with Crippen LogP contribution in [0.15, 0.2) is 65.1 Å². The number of hydrogen-bond acceptors (Lipinski definition) is 7. The van der Waals surface area contributed by atoms with Gasteiger partial charge in [-0.3, -0.25) is 4.90 Å². The zero-order chi connectivity index (χ0) is 36.0. The van der Waals surface area contributed by atoms with Gasteiger partial charge in [-0.2, -0.15) is 0 Å². The van der Waals surface area contributed by atoms with Crippen LogP contribution in [0.25, 0.3) is 0 Å². The second kappa shape index (κ2) is 14.1. The highest BCUT2D eigenvalue weighted by atomic mass is 79.9. The van der Waals surface area contributed by atoms with Crippen molar-refractivity contribution in [3.63, 3.8) is 0 Å². The van der Waals surface area contributed by atoms with E-state index in [0.29, 0.717) is 70.5 Å². The maximum Gasteiger partial charge on any atom is 0.362 e. The third kappa shape index (κ3) is 6.32. The van der Waals surface area contributed by atoms with Crippen LogP contribution in [0.3, 0.4) is 0 Å². The van der Waals surface area contributed by atoms with E-state index in [9.17, 15) is 9.90 Å². The standard InChI is InChI=1S/C41H45BrN2O7/c1-7-31(41(45)46)44(3)17-15-26-21-34(48-5)36-23-29(26)32(44)19-24-8-11-28(12-9-24)50-35-20-25(10-13-33(35)47-4)18-30-38-27(14-16-43(30)2)22-37(49-6)39(42)40(38)51-36/h8-13,20-23,30-32H,7,14-19H2,1-6H3/p+1. The molecule has 4 aromatic carbocycles. The minimum atomic E-state index is -0.782. The molecule has 10 heteroatoms. The first kappa shape index (κ1) is 35.2. The van der Waals surface area contributed by atoms with E-state index in [1.165, 1.54) is 5.56 Å². The highest BCUT2D eigenvalue weighted by Gasteiger charge is 2.47. The van der Waals surface area contributed by atoms with Crippen molar-refractivity contribution < 1.29 is 38.1 Å². The Balaban J connectivity index is 1.48. The van der Waals surface area contributed by atoms with E-state index in [2.05, 4.69) is 77.4 Å². The lowest BCUT2D eigenvalue weighted by Gasteiger charge is -2.49. The van der Waals surface area contributed by atoms with Gasteiger partial charge in [-0.15, -0.1) is 0 Å². The summed E-state index contributed by atoms with van der Waals surface area (Å²) < 4.78 is 32.3. The Hall–Kier alpha value is -4.25. The van der Waals surface area contributed by atoms with Crippen molar-refractivity contribution in [3.8, 4) is 40.2 Å². The van der Waals surface area contributed by atoms with E-state index in [-0.39, 0.29) is 12.1 Å². The quantitative estimate of drug-likeness (QED) is 0.197. The second-order valence-electron chi connectivity index (χ2n) is 14.1. The van der Waals surface area contributed by atoms with Crippen LogP contribution in [0.1, 0.15) is 58.8 Å². The monoisotopic (exact) mass is 757 g/mol. The van der Waals surface area contributed by atoms with E-state index in [1.54, 1.807) is 21.3 Å². The second-order valence-corrected chi connectivity index (χ2v) is 14.9. The summed E-state index contributed by atoms with van der Waals surface area (Å²) in [6.07, 6.45) is 3.40. The highest BCUT2D eigenvalue weighted by Crippen LogP contribution is 2.51. The van der Waals surface area contributed by atoms with Crippen LogP contribution >= 0.6 is 15.9 Å². The van der Waals surface area contributed by atoms with Crippen LogP contribution in [0.4, 0.5) is 0 Å². The van der Waals surface area contributed by atoms with Crippen LogP contribution in [0, 0.1) is 0 Å². The molecule has 4 aliphatic heterocycles. The molecule has 4 aliphatic rings. The van der Waals surface area contributed by atoms with Gasteiger partial charge in [-0.1, -0.05) is 25.1 Å². The number of carboxylic acids is 1. The summed E-state index contributed by atoms with van der Waals surface area (Å²) in [5.74, 6) is 3.81. The number of hydrogen-bond donors (Lipinski definition) is 1. The minimum Gasteiger partial charge on any atom is -0.495 e. The fourth-order valence-electron chi connectivity index (χ4n) is 8.49. The summed E-state index contributed by atoms with van der Waals surface area (Å²) in [6, 6.07) is 19.8. The minimum absolute atomic E-state index is 0.0254. The lowest BCUT2D eigenvalue weighted by atomic mass is 9.84. The first-order valence-electron chi connectivity index (χ1n) is 17.6. The maximum atomic E-state index is 12.8. The SMILES string of the molecule is CCC(C(=O)O)[N+]1(C)CCc2cc(OC)c3cc2C1Cc1ccc(cc1)Oc1cc(ccc1OC)CC1c2c(cc(OC)c(Br)c2O3)CCN1C. The number of ether oxygens (including phenoxy) is 5. The number of aliphatic carboxylic acids is 1. The molecule has 6 bridgehead atoms. The number of fused-ring (bicyclic) bond motifs is 2. The molecule has 0 saturated carbocycles. The third-order valence-electron chi connectivity index (χ3n) is 11.3. The molecule has 0 amide bonds. The molecule has 4 atom stereocenters. The number of benzene rings is 4. The number of carboxylic acid groups (broad SMARTS) is 1. The molecule has 0 spiro atoms. The van der Waals surface area contributed by atoms with E-state index in [0.717, 1.165) is 51.7 Å². The van der Waals surface area contributed by atoms with Gasteiger partial charge in [0.1, 0.15) is 22.0 Å². The Morgan fingerprint density at radius 2 is 1.59 bits per heavy atom. The highest BCUT2D eigenvalue weighted by molar-refractivity contribution is 9.10.